The Balaban J connectivity index is 1.42. The van der Waals surface area contributed by atoms with Crippen molar-refractivity contribution >= 4 is 23.0 Å². The molecule has 0 aliphatic carbocycles. The maximum absolute atomic E-state index is 13.2. The lowest BCUT2D eigenvalue weighted by atomic mass is 9.82. The molecule has 3 saturated heterocycles. The SMILES string of the molecule is O=C1OC2C3OC(CC13)C2C(=O)OCCCCC(F)(F)C(F)(F)S(=O)[O-]. The molecule has 148 valence electrons. The molecular weight excluding hydrogens is 388 g/mol. The highest BCUT2D eigenvalue weighted by Crippen LogP contribution is 2.49. The van der Waals surface area contributed by atoms with Crippen LogP contribution in [0, 0.1) is 11.8 Å². The summed E-state index contributed by atoms with van der Waals surface area (Å²) in [5.41, 5.74) is 0. The van der Waals surface area contributed by atoms with Gasteiger partial charge in [-0.3, -0.25) is 13.8 Å². The Morgan fingerprint density at radius 3 is 2.62 bits per heavy atom. The van der Waals surface area contributed by atoms with Gasteiger partial charge in [0.05, 0.1) is 18.6 Å². The highest BCUT2D eigenvalue weighted by atomic mass is 32.2. The van der Waals surface area contributed by atoms with Crippen molar-refractivity contribution in [1.29, 1.82) is 0 Å². The maximum Gasteiger partial charge on any atom is 0.371 e. The van der Waals surface area contributed by atoms with Gasteiger partial charge in [0.2, 0.25) is 0 Å². The second-order valence-corrected chi connectivity index (χ2v) is 7.47. The van der Waals surface area contributed by atoms with E-state index in [-0.39, 0.29) is 18.9 Å². The summed E-state index contributed by atoms with van der Waals surface area (Å²) in [7, 11) is 0. The van der Waals surface area contributed by atoms with Crippen LogP contribution in [0.25, 0.3) is 0 Å². The number of ether oxygens (including phenoxy) is 3. The summed E-state index contributed by atoms with van der Waals surface area (Å²) >= 11 is -4.24. The van der Waals surface area contributed by atoms with Gasteiger partial charge in [-0.1, -0.05) is 0 Å². The standard InChI is InChI=1S/C14H16F4O7S/c15-13(16,14(17,18)26(21)22)3-1-2-4-23-12(20)8-7-5-6-9(24-7)10(8)25-11(6)19/h6-10H,1-5H2,(H,21,22)/p-1. The van der Waals surface area contributed by atoms with Crippen molar-refractivity contribution in [2.24, 2.45) is 11.8 Å². The van der Waals surface area contributed by atoms with E-state index in [4.69, 9.17) is 14.2 Å². The van der Waals surface area contributed by atoms with Gasteiger partial charge >= 0.3 is 23.1 Å². The number of esters is 2. The minimum atomic E-state index is -5.16. The predicted octanol–water partition coefficient (Wildman–Crippen LogP) is 1.14. The molecule has 2 bridgehead atoms. The Labute approximate surface area is 147 Å². The van der Waals surface area contributed by atoms with Crippen LogP contribution in [-0.4, -0.2) is 56.8 Å². The number of alkyl halides is 4. The zero-order chi connectivity index (χ0) is 19.3. The van der Waals surface area contributed by atoms with Crippen LogP contribution in [0.3, 0.4) is 0 Å². The smallest absolute Gasteiger partial charge is 0.371 e. The summed E-state index contributed by atoms with van der Waals surface area (Å²) in [6.07, 6.45) is -3.33. The van der Waals surface area contributed by atoms with Gasteiger partial charge in [0.15, 0.2) is 0 Å². The van der Waals surface area contributed by atoms with E-state index < -0.39 is 71.3 Å². The number of hydrogen-bond donors (Lipinski definition) is 0. The summed E-state index contributed by atoms with van der Waals surface area (Å²) < 4.78 is 88.1. The van der Waals surface area contributed by atoms with Crippen molar-refractivity contribution < 1.29 is 50.1 Å². The lowest BCUT2D eigenvalue weighted by Crippen LogP contribution is -2.43. The molecule has 3 aliphatic rings. The van der Waals surface area contributed by atoms with Crippen molar-refractivity contribution in [2.45, 2.75) is 55.2 Å². The van der Waals surface area contributed by atoms with Crippen LogP contribution >= 0.6 is 0 Å². The Kier molecular flexibility index (Phi) is 5.03. The average molecular weight is 403 g/mol. The van der Waals surface area contributed by atoms with Gasteiger partial charge in [0, 0.05) is 17.5 Å². The van der Waals surface area contributed by atoms with E-state index >= 15 is 0 Å². The fraction of sp³-hybridized carbons (Fsp3) is 0.857. The van der Waals surface area contributed by atoms with Crippen LogP contribution in [0.2, 0.25) is 0 Å². The quantitative estimate of drug-likeness (QED) is 0.259. The van der Waals surface area contributed by atoms with Crippen LogP contribution in [0.15, 0.2) is 0 Å². The zero-order valence-electron chi connectivity index (χ0n) is 13.2. The molecule has 6 unspecified atom stereocenters. The minimum Gasteiger partial charge on any atom is -0.768 e. The molecule has 3 rings (SSSR count). The normalized spacial score (nSPS) is 34.0. The first kappa shape index (κ1) is 19.5. The van der Waals surface area contributed by atoms with E-state index in [1.807, 2.05) is 0 Å². The van der Waals surface area contributed by atoms with Crippen molar-refractivity contribution in [3.63, 3.8) is 0 Å². The summed E-state index contributed by atoms with van der Waals surface area (Å²) in [5, 5.41) is -5.16. The van der Waals surface area contributed by atoms with E-state index in [0.717, 1.165) is 0 Å². The summed E-state index contributed by atoms with van der Waals surface area (Å²) in [6, 6.07) is 0. The molecule has 0 N–H and O–H groups in total. The molecule has 0 aromatic rings. The molecule has 7 nitrogen and oxygen atoms in total. The van der Waals surface area contributed by atoms with E-state index in [1.165, 1.54) is 0 Å². The van der Waals surface area contributed by atoms with Crippen LogP contribution in [0.5, 0.6) is 0 Å². The summed E-state index contributed by atoms with van der Waals surface area (Å²) in [5.74, 6) is -6.99. The molecule has 0 amide bonds. The van der Waals surface area contributed by atoms with Gasteiger partial charge in [-0.15, -0.1) is 0 Å². The van der Waals surface area contributed by atoms with E-state index in [0.29, 0.717) is 6.42 Å². The number of hydrogen-bond acceptors (Lipinski definition) is 7. The predicted molar refractivity (Wildman–Crippen MR) is 73.8 cm³/mol. The first-order valence-electron chi connectivity index (χ1n) is 7.94. The highest BCUT2D eigenvalue weighted by molar-refractivity contribution is 7.80. The number of halogens is 4. The molecule has 12 heteroatoms. The second-order valence-electron chi connectivity index (χ2n) is 6.49. The molecule has 3 fully saturated rings. The third-order valence-corrected chi connectivity index (χ3v) is 5.60. The van der Waals surface area contributed by atoms with Gasteiger partial charge in [-0.05, 0) is 19.3 Å². The molecule has 0 spiro atoms. The van der Waals surface area contributed by atoms with Crippen LogP contribution in [0.1, 0.15) is 25.7 Å². The number of carbonyl (C=O) groups is 2. The molecule has 3 aliphatic heterocycles. The molecule has 0 aromatic carbocycles. The van der Waals surface area contributed by atoms with Crippen LogP contribution in [0.4, 0.5) is 17.6 Å². The largest absolute Gasteiger partial charge is 0.768 e. The highest BCUT2D eigenvalue weighted by Gasteiger charge is 2.66. The monoisotopic (exact) mass is 403 g/mol. The molecule has 3 heterocycles. The second kappa shape index (κ2) is 6.71. The lowest BCUT2D eigenvalue weighted by molar-refractivity contribution is -0.163. The van der Waals surface area contributed by atoms with Crippen LogP contribution < -0.4 is 0 Å². The fourth-order valence-electron chi connectivity index (χ4n) is 3.55. The van der Waals surface area contributed by atoms with Gasteiger partial charge in [0.25, 0.3) is 0 Å². The van der Waals surface area contributed by atoms with Gasteiger partial charge in [0.1, 0.15) is 18.1 Å². The molecule has 0 radical (unpaired) electrons. The van der Waals surface area contributed by atoms with Gasteiger partial charge in [-0.2, -0.15) is 17.6 Å². The van der Waals surface area contributed by atoms with E-state index in [2.05, 4.69) is 0 Å². The maximum atomic E-state index is 13.2. The first-order chi connectivity index (χ1) is 12.1. The Bertz CT molecular complexity index is 628. The van der Waals surface area contributed by atoms with Gasteiger partial charge in [-0.25, -0.2) is 0 Å². The molecule has 26 heavy (non-hydrogen) atoms. The van der Waals surface area contributed by atoms with E-state index in [1.54, 1.807) is 0 Å². The van der Waals surface area contributed by atoms with Crippen molar-refractivity contribution in [1.82, 2.24) is 0 Å². The Hall–Kier alpha value is -1.27. The number of rotatable bonds is 8. The number of unbranched alkanes of at least 4 members (excludes halogenated alkanes) is 1. The Morgan fingerprint density at radius 1 is 1.27 bits per heavy atom. The molecule has 0 saturated carbocycles. The Morgan fingerprint density at radius 2 is 1.96 bits per heavy atom. The summed E-state index contributed by atoms with van der Waals surface area (Å²) in [4.78, 5) is 23.6. The third-order valence-electron chi connectivity index (χ3n) is 4.88. The van der Waals surface area contributed by atoms with Gasteiger partial charge < -0.3 is 18.8 Å². The number of fused-ring (bicyclic) bond motifs is 1. The van der Waals surface area contributed by atoms with Crippen molar-refractivity contribution in [2.75, 3.05) is 6.61 Å². The minimum absolute atomic E-state index is 0.155. The van der Waals surface area contributed by atoms with Crippen molar-refractivity contribution in [3.05, 3.63) is 0 Å². The fourth-order valence-corrected chi connectivity index (χ4v) is 3.90. The molecule has 0 aromatic heterocycles. The first-order valence-corrected chi connectivity index (χ1v) is 9.01. The third kappa shape index (κ3) is 3.11. The molecular formula is C14H15F4O7S-. The average Bonchev–Trinajstić information content (AvgIpc) is 3.16. The summed E-state index contributed by atoms with van der Waals surface area (Å²) in [6.45, 7) is -0.307. The zero-order valence-corrected chi connectivity index (χ0v) is 14.0. The van der Waals surface area contributed by atoms with Crippen LogP contribution in [-0.2, 0) is 34.9 Å². The lowest BCUT2D eigenvalue weighted by Gasteiger charge is -2.27. The van der Waals surface area contributed by atoms with E-state index in [9.17, 15) is 35.9 Å². The van der Waals surface area contributed by atoms with Crippen molar-refractivity contribution in [3.8, 4) is 0 Å². The number of carbonyl (C=O) groups excluding carboxylic acids is 2. The molecule has 6 atom stereocenters. The topological polar surface area (TPSA) is 102 Å².